The van der Waals surface area contributed by atoms with Gasteiger partial charge in [-0.1, -0.05) is 53.2 Å². The van der Waals surface area contributed by atoms with E-state index in [-0.39, 0.29) is 5.75 Å². The van der Waals surface area contributed by atoms with Gasteiger partial charge in [0.25, 0.3) is 0 Å². The van der Waals surface area contributed by atoms with Gasteiger partial charge in [0.2, 0.25) is 15.9 Å². The van der Waals surface area contributed by atoms with E-state index in [9.17, 15) is 8.42 Å². The van der Waals surface area contributed by atoms with E-state index in [1.54, 1.807) is 12.1 Å². The molecule has 0 bridgehead atoms. The van der Waals surface area contributed by atoms with Gasteiger partial charge in [-0.15, -0.1) is 0 Å². The molecule has 3 aromatic rings. The Balaban J connectivity index is 1.51. The minimum Gasteiger partial charge on any atom is -0.339 e. The summed E-state index contributed by atoms with van der Waals surface area (Å²) in [5.74, 6) is 1.60. The van der Waals surface area contributed by atoms with Crippen LogP contribution in [0.4, 0.5) is 5.69 Å². The van der Waals surface area contributed by atoms with E-state index in [0.717, 1.165) is 35.4 Å². The lowest BCUT2D eigenvalue weighted by Gasteiger charge is -2.12. The van der Waals surface area contributed by atoms with E-state index < -0.39 is 10.0 Å². The van der Waals surface area contributed by atoms with Crippen LogP contribution in [0.25, 0.3) is 0 Å². The second-order valence-electron chi connectivity index (χ2n) is 7.00. The first kappa shape index (κ1) is 17.7. The standard InChI is InChI=1S/C20H21N3O3S/c1-14-5-4-6-15(11-14)13-27(24,25)23-18-8-3-2-7-17(18)12-19-21-20(22-26-19)16-9-10-16/h2-8,11,16,23H,9-10,12-13H2,1H3. The van der Waals surface area contributed by atoms with Crippen LogP contribution >= 0.6 is 0 Å². The Kier molecular flexibility index (Phi) is 4.70. The first-order valence-corrected chi connectivity index (χ1v) is 10.6. The van der Waals surface area contributed by atoms with Crippen LogP contribution in [-0.2, 0) is 22.2 Å². The summed E-state index contributed by atoms with van der Waals surface area (Å²) in [4.78, 5) is 4.43. The zero-order valence-electron chi connectivity index (χ0n) is 15.1. The third-order valence-electron chi connectivity index (χ3n) is 4.49. The van der Waals surface area contributed by atoms with E-state index in [1.807, 2.05) is 43.3 Å². The summed E-state index contributed by atoms with van der Waals surface area (Å²) in [6, 6.07) is 14.8. The Hall–Kier alpha value is -2.67. The van der Waals surface area contributed by atoms with Crippen LogP contribution in [-0.4, -0.2) is 18.6 Å². The van der Waals surface area contributed by atoms with Crippen molar-refractivity contribution in [2.45, 2.75) is 37.9 Å². The van der Waals surface area contributed by atoms with Crippen molar-refractivity contribution in [1.29, 1.82) is 0 Å². The summed E-state index contributed by atoms with van der Waals surface area (Å²) in [6.45, 7) is 1.94. The predicted octanol–water partition coefficient (Wildman–Crippen LogP) is 3.79. The number of sulfonamides is 1. The lowest BCUT2D eigenvalue weighted by molar-refractivity contribution is 0.379. The smallest absolute Gasteiger partial charge is 0.236 e. The third kappa shape index (κ3) is 4.54. The van der Waals surface area contributed by atoms with Crippen LogP contribution < -0.4 is 4.72 Å². The van der Waals surface area contributed by atoms with Gasteiger partial charge < -0.3 is 4.52 Å². The lowest BCUT2D eigenvalue weighted by Crippen LogP contribution is -2.16. The maximum absolute atomic E-state index is 12.6. The molecule has 1 saturated carbocycles. The van der Waals surface area contributed by atoms with Gasteiger partial charge in [0.1, 0.15) is 0 Å². The van der Waals surface area contributed by atoms with Gasteiger partial charge in [-0.25, -0.2) is 8.42 Å². The molecule has 140 valence electrons. The van der Waals surface area contributed by atoms with Gasteiger partial charge in [0.15, 0.2) is 5.82 Å². The summed E-state index contributed by atoms with van der Waals surface area (Å²) in [7, 11) is -3.53. The molecule has 1 heterocycles. The molecule has 1 fully saturated rings. The van der Waals surface area contributed by atoms with Crippen molar-refractivity contribution in [2.24, 2.45) is 0 Å². The molecule has 1 aliphatic rings. The number of nitrogens with one attached hydrogen (secondary N) is 1. The Morgan fingerprint density at radius 3 is 2.74 bits per heavy atom. The third-order valence-corrected chi connectivity index (χ3v) is 5.73. The van der Waals surface area contributed by atoms with Crippen LogP contribution in [0.5, 0.6) is 0 Å². The SMILES string of the molecule is Cc1cccc(CS(=O)(=O)Nc2ccccc2Cc2nc(C3CC3)no2)c1. The van der Waals surface area contributed by atoms with E-state index in [1.165, 1.54) is 0 Å². The van der Waals surface area contributed by atoms with Crippen LogP contribution in [0.15, 0.2) is 53.1 Å². The van der Waals surface area contributed by atoms with Crippen molar-refractivity contribution in [1.82, 2.24) is 10.1 Å². The Labute approximate surface area is 158 Å². The van der Waals surface area contributed by atoms with Gasteiger partial charge in [-0.2, -0.15) is 4.98 Å². The molecule has 0 saturated heterocycles. The normalized spacial score (nSPS) is 14.3. The molecule has 0 unspecified atom stereocenters. The number of aryl methyl sites for hydroxylation is 1. The van der Waals surface area contributed by atoms with E-state index in [4.69, 9.17) is 4.52 Å². The first-order chi connectivity index (χ1) is 13.0. The molecule has 2 aromatic carbocycles. The molecule has 0 radical (unpaired) electrons. The molecule has 4 rings (SSSR count). The molecule has 1 aromatic heterocycles. The highest BCUT2D eigenvalue weighted by atomic mass is 32.2. The zero-order valence-corrected chi connectivity index (χ0v) is 15.9. The number of anilines is 1. The molecule has 1 aliphatic carbocycles. The quantitative estimate of drug-likeness (QED) is 0.671. The summed E-state index contributed by atoms with van der Waals surface area (Å²) < 4.78 is 33.3. The minimum absolute atomic E-state index is 0.0740. The number of benzene rings is 2. The molecule has 1 N–H and O–H groups in total. The molecule has 27 heavy (non-hydrogen) atoms. The zero-order chi connectivity index (χ0) is 18.9. The average molecular weight is 383 g/mol. The highest BCUT2D eigenvalue weighted by Gasteiger charge is 2.28. The second-order valence-corrected chi connectivity index (χ2v) is 8.73. The number of nitrogens with zero attached hydrogens (tertiary/aromatic N) is 2. The average Bonchev–Trinajstić information content (AvgIpc) is 3.36. The van der Waals surface area contributed by atoms with Crippen LogP contribution in [0.3, 0.4) is 0 Å². The predicted molar refractivity (Wildman–Crippen MR) is 103 cm³/mol. The molecule has 0 amide bonds. The highest BCUT2D eigenvalue weighted by molar-refractivity contribution is 7.91. The van der Waals surface area contributed by atoms with Crippen LogP contribution in [0, 0.1) is 6.92 Å². The fourth-order valence-electron chi connectivity index (χ4n) is 3.01. The van der Waals surface area contributed by atoms with E-state index >= 15 is 0 Å². The van der Waals surface area contributed by atoms with Gasteiger partial charge in [0, 0.05) is 5.92 Å². The summed E-state index contributed by atoms with van der Waals surface area (Å²) >= 11 is 0. The maximum Gasteiger partial charge on any atom is 0.236 e. The van der Waals surface area contributed by atoms with Crippen LogP contribution in [0.1, 0.15) is 47.2 Å². The van der Waals surface area contributed by atoms with Crippen LogP contribution in [0.2, 0.25) is 0 Å². The van der Waals surface area contributed by atoms with Gasteiger partial charge in [-0.3, -0.25) is 4.72 Å². The largest absolute Gasteiger partial charge is 0.339 e. The van der Waals surface area contributed by atoms with E-state index in [2.05, 4.69) is 14.9 Å². The van der Waals surface area contributed by atoms with Gasteiger partial charge in [0.05, 0.1) is 17.9 Å². The summed E-state index contributed by atoms with van der Waals surface area (Å²) in [5, 5.41) is 4.02. The van der Waals surface area contributed by atoms with Crippen molar-refractivity contribution >= 4 is 15.7 Å². The molecule has 0 aliphatic heterocycles. The van der Waals surface area contributed by atoms with Gasteiger partial charge >= 0.3 is 0 Å². The summed E-state index contributed by atoms with van der Waals surface area (Å²) in [6.07, 6.45) is 2.60. The number of rotatable bonds is 7. The van der Waals surface area contributed by atoms with Gasteiger partial charge in [-0.05, 0) is 37.0 Å². The number of para-hydroxylation sites is 1. The topological polar surface area (TPSA) is 85.1 Å². The number of hydrogen-bond acceptors (Lipinski definition) is 5. The fraction of sp³-hybridized carbons (Fsp3) is 0.300. The molecule has 0 spiro atoms. The molecule has 7 heteroatoms. The van der Waals surface area contributed by atoms with Crippen molar-refractivity contribution in [2.75, 3.05) is 4.72 Å². The summed E-state index contributed by atoms with van der Waals surface area (Å²) in [5.41, 5.74) is 3.13. The fourth-order valence-corrected chi connectivity index (χ4v) is 4.23. The molecular weight excluding hydrogens is 362 g/mol. The minimum atomic E-state index is -3.53. The Bertz CT molecular complexity index is 1060. The molecule has 0 atom stereocenters. The first-order valence-electron chi connectivity index (χ1n) is 8.95. The Morgan fingerprint density at radius 2 is 1.96 bits per heavy atom. The van der Waals surface area contributed by atoms with Crippen molar-refractivity contribution in [3.8, 4) is 0 Å². The molecular formula is C20H21N3O3S. The lowest BCUT2D eigenvalue weighted by atomic mass is 10.1. The maximum atomic E-state index is 12.6. The highest BCUT2D eigenvalue weighted by Crippen LogP contribution is 2.38. The monoisotopic (exact) mass is 383 g/mol. The molecule has 6 nitrogen and oxygen atoms in total. The van der Waals surface area contributed by atoms with E-state index in [0.29, 0.717) is 23.9 Å². The van der Waals surface area contributed by atoms with Crippen molar-refractivity contribution in [3.63, 3.8) is 0 Å². The number of aromatic nitrogens is 2. The Morgan fingerprint density at radius 1 is 1.15 bits per heavy atom. The second kappa shape index (κ2) is 7.15. The van der Waals surface area contributed by atoms with Crippen molar-refractivity contribution < 1.29 is 12.9 Å². The van der Waals surface area contributed by atoms with Crippen molar-refractivity contribution in [3.05, 3.63) is 76.9 Å². The number of hydrogen-bond donors (Lipinski definition) is 1.